The van der Waals surface area contributed by atoms with E-state index in [0.717, 1.165) is 16.1 Å². The van der Waals surface area contributed by atoms with E-state index in [1.54, 1.807) is 24.3 Å². The van der Waals surface area contributed by atoms with Gasteiger partial charge < -0.3 is 10.1 Å². The molecule has 0 heterocycles. The van der Waals surface area contributed by atoms with E-state index in [1.165, 1.54) is 19.1 Å². The van der Waals surface area contributed by atoms with Crippen molar-refractivity contribution in [2.75, 3.05) is 5.32 Å². The number of nitro groups is 1. The van der Waals surface area contributed by atoms with Gasteiger partial charge in [-0.2, -0.15) is 0 Å². The number of hydrogen-bond acceptors (Lipinski definition) is 5. The molecule has 0 radical (unpaired) electrons. The Bertz CT molecular complexity index is 842. The number of anilines is 1. The predicted octanol–water partition coefficient (Wildman–Crippen LogP) is 4.12. The molecular weight excluding hydrogens is 428 g/mol. The van der Waals surface area contributed by atoms with Gasteiger partial charge in [0.1, 0.15) is 0 Å². The number of nitro benzene ring substituents is 1. The van der Waals surface area contributed by atoms with Crippen molar-refractivity contribution in [2.24, 2.45) is 0 Å². The maximum absolute atomic E-state index is 12.1. The summed E-state index contributed by atoms with van der Waals surface area (Å²) in [5.74, 6) is -1.14. The molecule has 0 bridgehead atoms. The number of nitrogens with one attached hydrogen (secondary N) is 1. The first-order chi connectivity index (χ1) is 12.3. The molecule has 0 aliphatic heterocycles. The molecule has 0 fully saturated rings. The fourth-order valence-electron chi connectivity index (χ4n) is 2.01. The number of nitrogens with zero attached hydrogens (tertiary/aromatic N) is 1. The topological polar surface area (TPSA) is 98.5 Å². The largest absolute Gasteiger partial charge is 0.452 e. The molecule has 1 unspecified atom stereocenters. The predicted molar refractivity (Wildman–Crippen MR) is 100 cm³/mol. The third-order valence-electron chi connectivity index (χ3n) is 3.36. The second-order valence-corrected chi connectivity index (χ2v) is 6.67. The summed E-state index contributed by atoms with van der Waals surface area (Å²) in [6, 6.07) is 10.8. The Morgan fingerprint density at radius 1 is 1.27 bits per heavy atom. The van der Waals surface area contributed by atoms with Crippen LogP contribution >= 0.6 is 27.5 Å². The summed E-state index contributed by atoms with van der Waals surface area (Å²) in [7, 11) is 0. The second kappa shape index (κ2) is 8.77. The highest BCUT2D eigenvalue weighted by molar-refractivity contribution is 9.10. The minimum absolute atomic E-state index is 0.0148. The lowest BCUT2D eigenvalue weighted by Gasteiger charge is -2.14. The standard InChI is InChI=1S/C17H14BrClN2O5/c1-10(26-16(22)8-11-2-4-12(18)5-3-11)17(23)20-15-7-6-13(21(24)25)9-14(15)19/h2-7,9-10H,8H2,1H3,(H,20,23). The van der Waals surface area contributed by atoms with Crippen LogP contribution in [0.3, 0.4) is 0 Å². The van der Waals surface area contributed by atoms with Crippen molar-refractivity contribution in [1.29, 1.82) is 0 Å². The van der Waals surface area contributed by atoms with Crippen LogP contribution in [-0.2, 0) is 20.7 Å². The van der Waals surface area contributed by atoms with Gasteiger partial charge in [0.05, 0.1) is 22.1 Å². The van der Waals surface area contributed by atoms with Crippen LogP contribution in [0.5, 0.6) is 0 Å². The first kappa shape index (κ1) is 19.9. The van der Waals surface area contributed by atoms with E-state index in [9.17, 15) is 19.7 Å². The SMILES string of the molecule is CC(OC(=O)Cc1ccc(Br)cc1)C(=O)Nc1ccc([N+](=O)[O-])cc1Cl. The quantitative estimate of drug-likeness (QED) is 0.413. The van der Waals surface area contributed by atoms with E-state index in [0.29, 0.717) is 0 Å². The molecule has 0 saturated carbocycles. The first-order valence-electron chi connectivity index (χ1n) is 7.45. The lowest BCUT2D eigenvalue weighted by molar-refractivity contribution is -0.384. The zero-order valence-corrected chi connectivity index (χ0v) is 15.9. The van der Waals surface area contributed by atoms with Crippen molar-refractivity contribution in [1.82, 2.24) is 0 Å². The number of rotatable bonds is 6. The molecule has 26 heavy (non-hydrogen) atoms. The van der Waals surface area contributed by atoms with E-state index in [-0.39, 0.29) is 22.8 Å². The third kappa shape index (κ3) is 5.53. The summed E-state index contributed by atoms with van der Waals surface area (Å²) in [5.41, 5.74) is 0.754. The smallest absolute Gasteiger partial charge is 0.311 e. The Labute approximate surface area is 162 Å². The fourth-order valence-corrected chi connectivity index (χ4v) is 2.50. The lowest BCUT2D eigenvalue weighted by Crippen LogP contribution is -2.30. The van der Waals surface area contributed by atoms with Gasteiger partial charge in [-0.05, 0) is 30.7 Å². The number of ether oxygens (including phenoxy) is 1. The van der Waals surface area contributed by atoms with Crippen LogP contribution < -0.4 is 5.32 Å². The van der Waals surface area contributed by atoms with Crippen molar-refractivity contribution < 1.29 is 19.2 Å². The maximum atomic E-state index is 12.1. The minimum Gasteiger partial charge on any atom is -0.452 e. The number of non-ortho nitro benzene ring substituents is 1. The van der Waals surface area contributed by atoms with Gasteiger partial charge in [-0.1, -0.05) is 39.7 Å². The fraction of sp³-hybridized carbons (Fsp3) is 0.176. The van der Waals surface area contributed by atoms with Gasteiger partial charge in [-0.15, -0.1) is 0 Å². The minimum atomic E-state index is -1.05. The van der Waals surface area contributed by atoms with E-state index < -0.39 is 22.9 Å². The average molecular weight is 442 g/mol. The van der Waals surface area contributed by atoms with Crippen LogP contribution in [0.1, 0.15) is 12.5 Å². The summed E-state index contributed by atoms with van der Waals surface area (Å²) >= 11 is 9.22. The summed E-state index contributed by atoms with van der Waals surface area (Å²) in [6.07, 6.45) is -1.02. The van der Waals surface area contributed by atoms with Crippen LogP contribution in [0.25, 0.3) is 0 Å². The van der Waals surface area contributed by atoms with Crippen LogP contribution in [0, 0.1) is 10.1 Å². The number of esters is 1. The van der Waals surface area contributed by atoms with Crippen molar-refractivity contribution in [2.45, 2.75) is 19.4 Å². The summed E-state index contributed by atoms with van der Waals surface area (Å²) in [5, 5.41) is 13.2. The molecule has 1 atom stereocenters. The van der Waals surface area contributed by atoms with Crippen molar-refractivity contribution in [3.63, 3.8) is 0 Å². The van der Waals surface area contributed by atoms with Gasteiger partial charge in [0.2, 0.25) is 0 Å². The van der Waals surface area contributed by atoms with Gasteiger partial charge in [0, 0.05) is 16.6 Å². The van der Waals surface area contributed by atoms with Crippen molar-refractivity contribution in [3.8, 4) is 0 Å². The summed E-state index contributed by atoms with van der Waals surface area (Å²) < 4.78 is 6.00. The Morgan fingerprint density at radius 2 is 1.92 bits per heavy atom. The van der Waals surface area contributed by atoms with Crippen LogP contribution in [0.15, 0.2) is 46.9 Å². The number of amides is 1. The molecule has 2 aromatic carbocycles. The Morgan fingerprint density at radius 3 is 2.50 bits per heavy atom. The zero-order valence-electron chi connectivity index (χ0n) is 13.6. The number of carbonyl (C=O) groups excluding carboxylic acids is 2. The summed E-state index contributed by atoms with van der Waals surface area (Å²) in [6.45, 7) is 1.42. The first-order valence-corrected chi connectivity index (χ1v) is 8.62. The molecule has 0 aliphatic rings. The second-order valence-electron chi connectivity index (χ2n) is 5.35. The Kier molecular flexibility index (Phi) is 6.70. The van der Waals surface area contributed by atoms with Gasteiger partial charge >= 0.3 is 5.97 Å². The highest BCUT2D eigenvalue weighted by Crippen LogP contribution is 2.26. The molecule has 0 aromatic heterocycles. The van der Waals surface area contributed by atoms with E-state index >= 15 is 0 Å². The van der Waals surface area contributed by atoms with Crippen LogP contribution in [0.2, 0.25) is 5.02 Å². The van der Waals surface area contributed by atoms with Crippen LogP contribution in [0.4, 0.5) is 11.4 Å². The Hall–Kier alpha value is -2.45. The number of halogens is 2. The van der Waals surface area contributed by atoms with Gasteiger partial charge in [0.25, 0.3) is 11.6 Å². The lowest BCUT2D eigenvalue weighted by atomic mass is 10.1. The highest BCUT2D eigenvalue weighted by atomic mass is 79.9. The number of hydrogen-bond donors (Lipinski definition) is 1. The van der Waals surface area contributed by atoms with E-state index in [1.807, 2.05) is 0 Å². The molecular formula is C17H14BrClN2O5. The molecule has 1 N–H and O–H groups in total. The molecule has 1 amide bonds. The molecule has 2 aromatic rings. The molecule has 0 saturated heterocycles. The van der Waals surface area contributed by atoms with E-state index in [2.05, 4.69) is 21.2 Å². The van der Waals surface area contributed by atoms with Gasteiger partial charge in [-0.3, -0.25) is 19.7 Å². The number of benzene rings is 2. The van der Waals surface area contributed by atoms with E-state index in [4.69, 9.17) is 16.3 Å². The molecule has 2 rings (SSSR count). The zero-order chi connectivity index (χ0) is 19.3. The summed E-state index contributed by atoms with van der Waals surface area (Å²) in [4.78, 5) is 34.2. The van der Waals surface area contributed by atoms with Crippen molar-refractivity contribution >= 4 is 50.8 Å². The molecule has 0 spiro atoms. The maximum Gasteiger partial charge on any atom is 0.311 e. The highest BCUT2D eigenvalue weighted by Gasteiger charge is 2.20. The van der Waals surface area contributed by atoms with Crippen LogP contribution in [-0.4, -0.2) is 22.9 Å². The molecule has 136 valence electrons. The monoisotopic (exact) mass is 440 g/mol. The normalized spacial score (nSPS) is 11.5. The molecule has 0 aliphatic carbocycles. The molecule has 9 heteroatoms. The third-order valence-corrected chi connectivity index (χ3v) is 4.20. The van der Waals surface area contributed by atoms with Gasteiger partial charge in [-0.25, -0.2) is 0 Å². The number of carbonyl (C=O) groups is 2. The van der Waals surface area contributed by atoms with Crippen molar-refractivity contribution in [3.05, 3.63) is 67.6 Å². The Balaban J connectivity index is 1.93. The average Bonchev–Trinajstić information content (AvgIpc) is 2.58. The van der Waals surface area contributed by atoms with Gasteiger partial charge in [0.15, 0.2) is 6.10 Å². The molecule has 7 nitrogen and oxygen atoms in total.